The highest BCUT2D eigenvalue weighted by molar-refractivity contribution is 6.03. The largest absolute Gasteiger partial charge is 0.586 e. The Morgan fingerprint density at radius 1 is 1.02 bits per heavy atom. The molecule has 2 aliphatic heterocycles. The number of alkyl halides is 2. The van der Waals surface area contributed by atoms with Gasteiger partial charge in [0.15, 0.2) is 17.3 Å². The van der Waals surface area contributed by atoms with Gasteiger partial charge in [0, 0.05) is 22.6 Å². The van der Waals surface area contributed by atoms with Crippen LogP contribution in [-0.2, 0) is 43.0 Å². The van der Waals surface area contributed by atoms with E-state index in [4.69, 9.17) is 14.2 Å². The maximum Gasteiger partial charge on any atom is 0.586 e. The summed E-state index contributed by atoms with van der Waals surface area (Å²) in [6.07, 6.45) is -3.05. The van der Waals surface area contributed by atoms with Crippen LogP contribution in [0.4, 0.5) is 18.9 Å². The van der Waals surface area contributed by atoms with Crippen LogP contribution in [-0.4, -0.2) is 41.9 Å². The van der Waals surface area contributed by atoms with Crippen molar-refractivity contribution in [1.82, 2.24) is 4.57 Å². The fraction of sp³-hybridized carbons (Fsp3) is 0.417. The van der Waals surface area contributed by atoms with Crippen LogP contribution in [0.2, 0.25) is 0 Å². The number of hydrogen-bond donors (Lipinski definition) is 1. The number of ether oxygens (including phenoxy) is 5. The molecule has 1 aliphatic carbocycles. The number of hydrogen-bond acceptors (Lipinski definition) is 6. The molecule has 8 nitrogen and oxygen atoms in total. The molecular weight excluding hydrogens is 613 g/mol. The van der Waals surface area contributed by atoms with E-state index in [0.717, 1.165) is 16.6 Å². The normalized spacial score (nSPS) is 20.4. The van der Waals surface area contributed by atoms with Crippen molar-refractivity contribution in [1.29, 1.82) is 0 Å². The van der Waals surface area contributed by atoms with Crippen LogP contribution in [0.5, 0.6) is 11.5 Å². The van der Waals surface area contributed by atoms with Gasteiger partial charge < -0.3 is 33.6 Å². The second-order valence-corrected chi connectivity index (χ2v) is 13.7. The van der Waals surface area contributed by atoms with E-state index in [1.165, 1.54) is 18.2 Å². The van der Waals surface area contributed by atoms with E-state index in [9.17, 15) is 13.6 Å². The van der Waals surface area contributed by atoms with Crippen LogP contribution in [0.15, 0.2) is 66.7 Å². The van der Waals surface area contributed by atoms with Crippen molar-refractivity contribution in [3.63, 3.8) is 0 Å². The molecule has 3 aromatic carbocycles. The molecule has 11 heteroatoms. The van der Waals surface area contributed by atoms with Gasteiger partial charge in [0.2, 0.25) is 5.91 Å². The quantitative estimate of drug-likeness (QED) is 0.193. The van der Waals surface area contributed by atoms with Crippen molar-refractivity contribution < 1.29 is 41.7 Å². The SMILES string of the molecule is CC1(C)OCC(Cn2c(C(C)(C)COCc3ccccc3)cc3cc(NC(=O)C4(c5ccc6c(c5)OC(F)(F)O6)CC4)c(F)cc32)O1. The molecule has 1 saturated heterocycles. The van der Waals surface area contributed by atoms with Crippen LogP contribution in [0.3, 0.4) is 0 Å². The highest BCUT2D eigenvalue weighted by atomic mass is 19.3. The Morgan fingerprint density at radius 2 is 1.77 bits per heavy atom. The Kier molecular flexibility index (Phi) is 7.57. The maximum atomic E-state index is 15.8. The van der Waals surface area contributed by atoms with Gasteiger partial charge in [-0.15, -0.1) is 8.78 Å². The standard InChI is InChI=1S/C36H37F3N2O6/c1-33(2,21-43-19-22-8-6-5-7-9-22)31-15-23-14-27(26(37)17-28(23)41(31)18-25-20-44-34(3,4)45-25)40-32(42)35(12-13-35)24-10-11-29-30(16-24)47-36(38,39)46-29/h5-11,14-17,25H,12-13,18-21H2,1-4H3,(H,40,42). The second-order valence-electron chi connectivity index (χ2n) is 13.7. The molecule has 1 N–H and O–H groups in total. The summed E-state index contributed by atoms with van der Waals surface area (Å²) in [7, 11) is 0. The van der Waals surface area contributed by atoms with Gasteiger partial charge in [-0.3, -0.25) is 4.79 Å². The van der Waals surface area contributed by atoms with E-state index in [1.54, 1.807) is 12.1 Å². The topological polar surface area (TPSA) is 80.2 Å². The Bertz CT molecular complexity index is 1830. The van der Waals surface area contributed by atoms with E-state index >= 15 is 4.39 Å². The van der Waals surface area contributed by atoms with Gasteiger partial charge in [-0.2, -0.15) is 0 Å². The third-order valence-electron chi connectivity index (χ3n) is 9.10. The van der Waals surface area contributed by atoms with E-state index in [0.29, 0.717) is 50.3 Å². The zero-order chi connectivity index (χ0) is 33.2. The van der Waals surface area contributed by atoms with E-state index in [-0.39, 0.29) is 23.3 Å². The summed E-state index contributed by atoms with van der Waals surface area (Å²) in [5.74, 6) is -1.97. The molecule has 3 heterocycles. The lowest BCUT2D eigenvalue weighted by Gasteiger charge is -2.28. The first-order valence-electron chi connectivity index (χ1n) is 15.7. The van der Waals surface area contributed by atoms with E-state index < -0.39 is 34.6 Å². The number of fused-ring (bicyclic) bond motifs is 2. The highest BCUT2D eigenvalue weighted by Gasteiger charge is 2.53. The maximum absolute atomic E-state index is 15.8. The van der Waals surface area contributed by atoms with E-state index in [2.05, 4.69) is 33.2 Å². The van der Waals surface area contributed by atoms with Crippen LogP contribution in [0.25, 0.3) is 10.9 Å². The molecule has 47 heavy (non-hydrogen) atoms. The number of halogens is 3. The van der Waals surface area contributed by atoms with Crippen molar-refractivity contribution >= 4 is 22.5 Å². The Balaban J connectivity index is 1.17. The third-order valence-corrected chi connectivity index (χ3v) is 9.10. The number of anilines is 1. The molecule has 248 valence electrons. The number of rotatable bonds is 10. The third kappa shape index (κ3) is 6.19. The average molecular weight is 651 g/mol. The van der Waals surface area contributed by atoms with Gasteiger partial charge in [-0.05, 0) is 62.1 Å². The van der Waals surface area contributed by atoms with Crippen LogP contribution in [0, 0.1) is 5.82 Å². The number of carbonyl (C=O) groups excluding carboxylic acids is 1. The van der Waals surface area contributed by atoms with Gasteiger partial charge in [-0.1, -0.05) is 50.2 Å². The Labute approximate surface area is 270 Å². The van der Waals surface area contributed by atoms with Crippen molar-refractivity contribution in [2.45, 2.75) is 82.7 Å². The van der Waals surface area contributed by atoms with Gasteiger partial charge in [0.25, 0.3) is 0 Å². The summed E-state index contributed by atoms with van der Waals surface area (Å²) >= 11 is 0. The van der Waals surface area contributed by atoms with Crippen LogP contribution >= 0.6 is 0 Å². The summed E-state index contributed by atoms with van der Waals surface area (Å²) in [5.41, 5.74) is 1.71. The number of amides is 1. The van der Waals surface area contributed by atoms with Crippen molar-refractivity contribution in [3.8, 4) is 11.5 Å². The number of carbonyl (C=O) groups is 1. The van der Waals surface area contributed by atoms with Crippen LogP contribution < -0.4 is 14.8 Å². The first-order valence-corrected chi connectivity index (χ1v) is 15.7. The molecule has 7 rings (SSSR count). The first-order chi connectivity index (χ1) is 22.2. The Morgan fingerprint density at radius 3 is 2.47 bits per heavy atom. The van der Waals surface area contributed by atoms with E-state index in [1.807, 2.05) is 50.2 Å². The fourth-order valence-corrected chi connectivity index (χ4v) is 6.53. The predicted molar refractivity (Wildman–Crippen MR) is 168 cm³/mol. The minimum Gasteiger partial charge on any atom is -0.395 e. The molecule has 0 spiro atoms. The van der Waals surface area contributed by atoms with Crippen molar-refractivity contribution in [3.05, 3.63) is 89.4 Å². The zero-order valence-corrected chi connectivity index (χ0v) is 26.7. The summed E-state index contributed by atoms with van der Waals surface area (Å²) in [5, 5.41) is 3.52. The predicted octanol–water partition coefficient (Wildman–Crippen LogP) is 7.42. The van der Waals surface area contributed by atoms with Crippen LogP contribution in [0.1, 0.15) is 57.4 Å². The lowest BCUT2D eigenvalue weighted by atomic mass is 9.90. The molecular formula is C36H37F3N2O6. The summed E-state index contributed by atoms with van der Waals surface area (Å²) in [6, 6.07) is 19.3. The molecule has 4 aromatic rings. The molecule has 1 atom stereocenters. The average Bonchev–Trinajstić information content (AvgIpc) is 3.52. The van der Waals surface area contributed by atoms with Gasteiger partial charge in [0.1, 0.15) is 11.9 Å². The molecule has 0 radical (unpaired) electrons. The molecule has 1 saturated carbocycles. The second kappa shape index (κ2) is 11.3. The first kappa shape index (κ1) is 31.5. The Hall–Kier alpha value is -4.06. The molecule has 1 aromatic heterocycles. The smallest absolute Gasteiger partial charge is 0.395 e. The number of benzene rings is 3. The van der Waals surface area contributed by atoms with Gasteiger partial charge in [-0.25, -0.2) is 4.39 Å². The monoisotopic (exact) mass is 650 g/mol. The van der Waals surface area contributed by atoms with Gasteiger partial charge in [0.05, 0.1) is 43.0 Å². The zero-order valence-electron chi connectivity index (χ0n) is 26.7. The summed E-state index contributed by atoms with van der Waals surface area (Å²) in [4.78, 5) is 13.6. The molecule has 3 aliphatic rings. The minimum absolute atomic E-state index is 0.0319. The number of nitrogens with one attached hydrogen (secondary N) is 1. The lowest BCUT2D eigenvalue weighted by Crippen LogP contribution is -2.30. The minimum atomic E-state index is -3.76. The number of nitrogens with zero attached hydrogens (tertiary/aromatic N) is 1. The van der Waals surface area contributed by atoms with Gasteiger partial charge >= 0.3 is 6.29 Å². The molecule has 1 amide bonds. The molecule has 1 unspecified atom stereocenters. The number of aromatic nitrogens is 1. The fourth-order valence-electron chi connectivity index (χ4n) is 6.53. The highest BCUT2D eigenvalue weighted by Crippen LogP contribution is 2.52. The molecule has 2 fully saturated rings. The lowest BCUT2D eigenvalue weighted by molar-refractivity contribution is -0.286. The summed E-state index contributed by atoms with van der Waals surface area (Å²) < 4.78 is 72.3. The van der Waals surface area contributed by atoms with Crippen molar-refractivity contribution in [2.24, 2.45) is 0 Å². The summed E-state index contributed by atoms with van der Waals surface area (Å²) in [6.45, 7) is 9.57. The molecule has 0 bridgehead atoms. The van der Waals surface area contributed by atoms with Crippen molar-refractivity contribution in [2.75, 3.05) is 18.5 Å².